The number of carboxylic acid groups (broad SMARTS) is 1. The predicted octanol–water partition coefficient (Wildman–Crippen LogP) is 4.08. The third-order valence-electron chi connectivity index (χ3n) is 11.4. The average molecular weight is 1020 g/mol. The van der Waals surface area contributed by atoms with E-state index in [1.165, 1.54) is 18.2 Å². The van der Waals surface area contributed by atoms with Crippen LogP contribution in [-0.4, -0.2) is 130 Å². The number of phosphoric acid groups is 1. The number of amides is 1. The number of ether oxygens (including phenoxy) is 3. The van der Waals surface area contributed by atoms with Gasteiger partial charge in [0.15, 0.2) is 6.23 Å². The number of rotatable bonds is 25. The van der Waals surface area contributed by atoms with Gasteiger partial charge in [-0.3, -0.25) is 42.3 Å². The quantitative estimate of drug-likeness (QED) is 0.0211. The molecule has 1 saturated heterocycles. The second-order valence-electron chi connectivity index (χ2n) is 17.0. The van der Waals surface area contributed by atoms with Crippen LogP contribution in [0.2, 0.25) is 0 Å². The van der Waals surface area contributed by atoms with Crippen molar-refractivity contribution < 1.29 is 67.5 Å². The van der Waals surface area contributed by atoms with Gasteiger partial charge < -0.3 is 39.1 Å². The molecule has 3 aliphatic rings. The highest BCUT2D eigenvalue weighted by Gasteiger charge is 2.48. The molecule has 3 aromatic rings. The van der Waals surface area contributed by atoms with Crippen LogP contribution in [0.3, 0.4) is 0 Å². The fourth-order valence-electron chi connectivity index (χ4n) is 7.56. The molecular formula is C49H58N6O16P+. The first-order valence-corrected chi connectivity index (χ1v) is 24.3. The zero-order chi connectivity index (χ0) is 53.7. The molecule has 2 aromatic carbocycles. The van der Waals surface area contributed by atoms with E-state index in [1.54, 1.807) is 6.92 Å². The lowest BCUT2D eigenvalue weighted by atomic mass is 9.89. The van der Waals surface area contributed by atoms with Gasteiger partial charge in [-0.25, -0.2) is 18.7 Å². The maximum Gasteiger partial charge on any atom is 0.475 e. The number of hydrogen-bond donors (Lipinski definition) is 4. The summed E-state index contributed by atoms with van der Waals surface area (Å²) in [6.07, 6.45) is -6.41. The highest BCUT2D eigenvalue weighted by molar-refractivity contribution is 7.48. The Kier molecular flexibility index (Phi) is 17.6. The fraction of sp³-hybridized carbons (Fsp3) is 0.429. The number of aromatic amines is 1. The standard InChI is InChI=1S/C49H57N6O16P/c1-7-33(56)13-17-42(58)69-34(28-67-72(64,66-23-8-19-50)71-45-44(59)29(2)68-47(45)55-21-18-41(57)52-49(55)63)27-65-22-9-20-51-46(60)30-10-14-35(48(61)62)38(24-30)43-36-15-11-31(53(3)4)25-39(36)70-40-26-32(54(5)6)12-16-37(40)43/h10-12,14-16,18,21,24-26,29,34,44-45,47,59H,7-9,13,17,20,22-23,27-28H2,1-6H3,(H2-,51,52,57,60,61,62,63)/p+1/t29-,34?,44+,45?,47-,72?/m1/s1/i2D,59T. The largest absolute Gasteiger partial charge is 0.478 e. The molecule has 3 heterocycles. The zero-order valence-corrected chi connectivity index (χ0v) is 41.2. The van der Waals surface area contributed by atoms with E-state index in [0.717, 1.165) is 27.9 Å². The van der Waals surface area contributed by atoms with Crippen molar-refractivity contribution in [3.63, 3.8) is 0 Å². The van der Waals surface area contributed by atoms with E-state index < -0.39 is 87.7 Å². The van der Waals surface area contributed by atoms with Crippen molar-refractivity contribution in [3.8, 4) is 28.5 Å². The Bertz CT molecular complexity index is 3100. The Morgan fingerprint density at radius 3 is 2.56 bits per heavy atom. The van der Waals surface area contributed by atoms with Crippen molar-refractivity contribution in [2.24, 2.45) is 0 Å². The number of anilines is 1. The second kappa shape index (κ2) is 24.5. The molecule has 4 N–H and O–H groups in total. The Morgan fingerprint density at radius 2 is 1.86 bits per heavy atom. The number of benzene rings is 3. The molecule has 2 aliphatic heterocycles. The van der Waals surface area contributed by atoms with Crippen LogP contribution in [0.15, 0.2) is 80.9 Å². The fourth-order valence-corrected chi connectivity index (χ4v) is 8.94. The molecule has 0 spiro atoms. The number of esters is 1. The molecule has 0 saturated carbocycles. The van der Waals surface area contributed by atoms with Crippen LogP contribution in [0.4, 0.5) is 5.69 Å². The van der Waals surface area contributed by atoms with Gasteiger partial charge in [-0.15, -0.1) is 0 Å². The number of aliphatic hydroxyl groups is 1. The Balaban J connectivity index is 1.17. The van der Waals surface area contributed by atoms with Gasteiger partial charge in [0.05, 0.1) is 56.5 Å². The Morgan fingerprint density at radius 1 is 1.06 bits per heavy atom. The molecule has 1 aliphatic carbocycles. The molecule has 6 atom stereocenters. The number of phosphoric ester groups is 1. The minimum atomic E-state index is -4.89. The second-order valence-corrected chi connectivity index (χ2v) is 18.6. The average Bonchev–Trinajstić information content (AvgIpc) is 3.72. The van der Waals surface area contributed by atoms with E-state index in [4.69, 9.17) is 40.1 Å². The molecule has 0 bridgehead atoms. The number of nitriles is 1. The van der Waals surface area contributed by atoms with Crippen molar-refractivity contribution in [1.82, 2.24) is 19.4 Å². The summed E-state index contributed by atoms with van der Waals surface area (Å²) in [5.41, 5.74) is 1.28. The van der Waals surface area contributed by atoms with E-state index >= 15 is 0 Å². The number of nitrogens with one attached hydrogen (secondary N) is 2. The van der Waals surface area contributed by atoms with Crippen molar-refractivity contribution >= 4 is 48.1 Å². The molecule has 3 unspecified atom stereocenters. The van der Waals surface area contributed by atoms with E-state index in [2.05, 4.69) is 5.32 Å². The molecular weight excluding hydrogens is 960 g/mol. The first kappa shape index (κ1) is 51.5. The molecule has 0 radical (unpaired) electrons. The summed E-state index contributed by atoms with van der Waals surface area (Å²) < 4.78 is 73.2. The first-order chi connectivity index (χ1) is 35.4. The number of fused-ring (bicyclic) bond motifs is 2. The monoisotopic (exact) mass is 1020 g/mol. The maximum atomic E-state index is 14.4. The van der Waals surface area contributed by atoms with Crippen LogP contribution < -0.4 is 31.4 Å². The smallest absolute Gasteiger partial charge is 0.475 e. The maximum absolute atomic E-state index is 14.4. The molecule has 1 aromatic heterocycles. The summed E-state index contributed by atoms with van der Waals surface area (Å²) >= 11 is 0. The number of aromatic carboxylic acids is 1. The van der Waals surface area contributed by atoms with Gasteiger partial charge in [-0.2, -0.15) is 5.26 Å². The van der Waals surface area contributed by atoms with Gasteiger partial charge in [0, 0.05) is 93.6 Å². The highest BCUT2D eigenvalue weighted by atomic mass is 31.2. The topological polar surface area (TPSA) is 291 Å². The molecule has 1 amide bonds. The lowest BCUT2D eigenvalue weighted by Crippen LogP contribution is -2.39. The number of Topliss-reactive ketones (excluding diaryl/α,β-unsaturated/α-hetero) is 1. The number of nitrogens with zero attached hydrogens (tertiary/aromatic N) is 4. The number of H-pyrrole nitrogens is 1. The van der Waals surface area contributed by atoms with Crippen LogP contribution in [0.5, 0.6) is 0 Å². The number of carboxylic acids is 1. The Hall–Kier alpha value is -6.83. The zero-order valence-electron chi connectivity index (χ0n) is 42.3. The van der Waals surface area contributed by atoms with Crippen molar-refractivity contribution in [3.05, 3.63) is 104 Å². The Labute approximate surface area is 416 Å². The summed E-state index contributed by atoms with van der Waals surface area (Å²) in [5, 5.41) is 28.7. The SMILES string of the molecule is [2H]C[C@H]1O[C@@H](n2ccc(=O)[nH]c2=O)C(OP(=O)(OCCC#N)OCC(COCCCNC(=O)c2ccc(C(=O)O)c(-c3c4ccc(=[N+](C)C)cc-4oc4cc(N(C)C)ccc34)c2)OC(=O)CCC(=O)CC)[C@H]1O[3H]. The van der Waals surface area contributed by atoms with E-state index in [-0.39, 0.29) is 68.8 Å². The van der Waals surface area contributed by atoms with E-state index in [9.17, 15) is 43.7 Å². The number of carbonyl (C=O) groups is 4. The molecule has 1 fully saturated rings. The first-order valence-electron chi connectivity index (χ1n) is 24.0. The third-order valence-corrected chi connectivity index (χ3v) is 12.9. The van der Waals surface area contributed by atoms with Crippen LogP contribution in [0.1, 0.15) is 74.2 Å². The van der Waals surface area contributed by atoms with Crippen LogP contribution in [0, 0.1) is 11.3 Å². The minimum absolute atomic E-state index is 0.0277. The number of ketones is 1. The van der Waals surface area contributed by atoms with Gasteiger partial charge >= 0.3 is 25.5 Å². The third kappa shape index (κ3) is 13.6. The lowest BCUT2D eigenvalue weighted by molar-refractivity contribution is -0.155. The van der Waals surface area contributed by atoms with Crippen LogP contribution in [-0.2, 0) is 41.9 Å². The number of hydrogen-bond acceptors (Lipinski definition) is 17. The van der Waals surface area contributed by atoms with Crippen LogP contribution in [0.25, 0.3) is 33.4 Å². The summed E-state index contributed by atoms with van der Waals surface area (Å²) in [4.78, 5) is 80.0. The van der Waals surface area contributed by atoms with Crippen molar-refractivity contribution in [2.45, 2.75) is 76.6 Å². The summed E-state index contributed by atoms with van der Waals surface area (Å²) in [6.45, 7) is -0.417. The van der Waals surface area contributed by atoms with Crippen LogP contribution >= 0.6 is 7.82 Å². The molecule has 23 heteroatoms. The number of aromatic nitrogens is 2. The van der Waals surface area contributed by atoms with Crippen molar-refractivity contribution in [2.75, 3.05) is 66.1 Å². The summed E-state index contributed by atoms with van der Waals surface area (Å²) in [7, 11) is 2.67. The van der Waals surface area contributed by atoms with Gasteiger partial charge in [0.1, 0.15) is 49.5 Å². The van der Waals surface area contributed by atoms with Gasteiger partial charge in [-0.05, 0) is 55.3 Å². The predicted molar refractivity (Wildman–Crippen MR) is 260 cm³/mol. The normalized spacial score (nSPS) is 18.1. The van der Waals surface area contributed by atoms with Gasteiger partial charge in [0.2, 0.25) is 6.79 Å². The van der Waals surface area contributed by atoms with Gasteiger partial charge in [0.25, 0.3) is 11.5 Å². The van der Waals surface area contributed by atoms with E-state index in [0.29, 0.717) is 33.4 Å². The van der Waals surface area contributed by atoms with Crippen molar-refractivity contribution in [1.29, 1.82) is 6.69 Å². The minimum Gasteiger partial charge on any atom is -0.478 e. The summed E-state index contributed by atoms with van der Waals surface area (Å²) in [5.74, 6) is -2.23. The van der Waals surface area contributed by atoms with E-state index in [1.807, 2.05) is 85.1 Å². The number of carbonyl (C=O) groups excluding carboxylic acids is 3. The number of aliphatic hydroxyl groups excluding tert-OH is 1. The highest BCUT2D eigenvalue weighted by Crippen LogP contribution is 2.54. The molecule has 72 heavy (non-hydrogen) atoms. The molecule has 22 nitrogen and oxygen atoms in total. The molecule has 384 valence electrons. The molecule has 6 rings (SSSR count). The lowest BCUT2D eigenvalue weighted by Gasteiger charge is -2.27. The summed E-state index contributed by atoms with van der Waals surface area (Å²) in [6, 6.07) is 18.4. The van der Waals surface area contributed by atoms with Gasteiger partial charge in [-0.1, -0.05) is 6.92 Å².